The summed E-state index contributed by atoms with van der Waals surface area (Å²) in [4.78, 5) is 14.5. The number of amides is 1. The van der Waals surface area contributed by atoms with Crippen LogP contribution in [0.5, 0.6) is 5.75 Å². The summed E-state index contributed by atoms with van der Waals surface area (Å²) >= 11 is 0. The van der Waals surface area contributed by atoms with Crippen LogP contribution in [0.25, 0.3) is 0 Å². The summed E-state index contributed by atoms with van der Waals surface area (Å²) in [5.74, 6) is -0.356. The molecule has 0 radical (unpaired) electrons. The quantitative estimate of drug-likeness (QED) is 0.690. The van der Waals surface area contributed by atoms with Crippen LogP contribution < -0.4 is 4.18 Å². The number of carbonyl (C=O) groups is 1. The van der Waals surface area contributed by atoms with E-state index in [4.69, 9.17) is 4.18 Å². The van der Waals surface area contributed by atoms with Gasteiger partial charge < -0.3 is 9.08 Å². The van der Waals surface area contributed by atoms with E-state index in [1.807, 2.05) is 13.8 Å². The van der Waals surface area contributed by atoms with Crippen LogP contribution in [0.1, 0.15) is 36.2 Å². The zero-order valence-electron chi connectivity index (χ0n) is 15.0. The van der Waals surface area contributed by atoms with E-state index in [-0.39, 0.29) is 17.7 Å². The van der Waals surface area contributed by atoms with E-state index in [9.17, 15) is 17.6 Å². The van der Waals surface area contributed by atoms with Gasteiger partial charge in [0.05, 0.1) is 6.26 Å². The first-order chi connectivity index (χ1) is 12.2. The molecule has 1 atom stereocenters. The largest absolute Gasteiger partial charge is 0.383 e. The summed E-state index contributed by atoms with van der Waals surface area (Å²) in [5.41, 5.74) is 1.25. The molecule has 0 aliphatic rings. The van der Waals surface area contributed by atoms with Gasteiger partial charge in [-0.1, -0.05) is 19.1 Å². The number of hydrogen-bond acceptors (Lipinski definition) is 4. The van der Waals surface area contributed by atoms with Gasteiger partial charge in [-0.05, 0) is 55.3 Å². The molecule has 0 aliphatic heterocycles. The molecule has 5 nitrogen and oxygen atoms in total. The van der Waals surface area contributed by atoms with Gasteiger partial charge in [0.2, 0.25) is 0 Å². The fraction of sp³-hybridized carbons (Fsp3) is 0.316. The molecule has 0 bridgehead atoms. The van der Waals surface area contributed by atoms with E-state index < -0.39 is 15.9 Å². The van der Waals surface area contributed by atoms with Crippen molar-refractivity contribution in [3.63, 3.8) is 0 Å². The van der Waals surface area contributed by atoms with Crippen LogP contribution in [0, 0.1) is 5.82 Å². The molecule has 26 heavy (non-hydrogen) atoms. The van der Waals surface area contributed by atoms with Crippen molar-refractivity contribution in [1.82, 2.24) is 4.90 Å². The smallest absolute Gasteiger partial charge is 0.306 e. The van der Waals surface area contributed by atoms with Crippen LogP contribution in [-0.4, -0.2) is 31.5 Å². The Morgan fingerprint density at radius 2 is 1.69 bits per heavy atom. The van der Waals surface area contributed by atoms with Crippen LogP contribution in [0.15, 0.2) is 48.5 Å². The summed E-state index contributed by atoms with van der Waals surface area (Å²) in [5, 5.41) is 0. The Morgan fingerprint density at radius 3 is 2.19 bits per heavy atom. The monoisotopic (exact) mass is 379 g/mol. The van der Waals surface area contributed by atoms with Crippen molar-refractivity contribution < 1.29 is 21.8 Å². The van der Waals surface area contributed by atoms with Gasteiger partial charge in [0.15, 0.2) is 0 Å². The molecule has 1 unspecified atom stereocenters. The predicted octanol–water partition coefficient (Wildman–Crippen LogP) is 3.61. The van der Waals surface area contributed by atoms with Gasteiger partial charge in [0, 0.05) is 18.2 Å². The molecule has 0 aromatic heterocycles. The third kappa shape index (κ3) is 5.56. The minimum atomic E-state index is -3.58. The molecule has 0 aliphatic carbocycles. The highest BCUT2D eigenvalue weighted by Gasteiger charge is 2.21. The molecule has 2 aromatic rings. The van der Waals surface area contributed by atoms with Crippen molar-refractivity contribution in [1.29, 1.82) is 0 Å². The van der Waals surface area contributed by atoms with E-state index >= 15 is 0 Å². The first-order valence-corrected chi connectivity index (χ1v) is 10.1. The molecule has 7 heteroatoms. The second-order valence-corrected chi connectivity index (χ2v) is 7.70. The summed E-state index contributed by atoms with van der Waals surface area (Å²) in [6, 6.07) is 12.0. The molecule has 2 aromatic carbocycles. The normalized spacial score (nSPS) is 12.5. The maximum atomic E-state index is 13.1. The minimum absolute atomic E-state index is 0.0144. The van der Waals surface area contributed by atoms with Gasteiger partial charge in [0.25, 0.3) is 5.91 Å². The number of hydrogen-bond donors (Lipinski definition) is 0. The Bertz CT molecular complexity index is 848. The molecular formula is C19H22FNO4S. The number of rotatable bonds is 7. The lowest BCUT2D eigenvalue weighted by Gasteiger charge is -2.29. The average molecular weight is 379 g/mol. The number of halogens is 1. The summed E-state index contributed by atoms with van der Waals surface area (Å²) in [6.07, 6.45) is 1.75. The zero-order valence-corrected chi connectivity index (χ0v) is 15.8. The fourth-order valence-electron chi connectivity index (χ4n) is 2.43. The Morgan fingerprint density at radius 1 is 1.12 bits per heavy atom. The van der Waals surface area contributed by atoms with E-state index in [1.54, 1.807) is 29.2 Å². The lowest BCUT2D eigenvalue weighted by atomic mass is 10.1. The first-order valence-electron chi connectivity index (χ1n) is 8.24. The summed E-state index contributed by atoms with van der Waals surface area (Å²) < 4.78 is 40.2. The van der Waals surface area contributed by atoms with E-state index in [0.29, 0.717) is 12.1 Å². The highest BCUT2D eigenvalue weighted by molar-refractivity contribution is 7.86. The highest BCUT2D eigenvalue weighted by Crippen LogP contribution is 2.19. The van der Waals surface area contributed by atoms with E-state index in [1.165, 1.54) is 24.3 Å². The molecule has 140 valence electrons. The van der Waals surface area contributed by atoms with Crippen molar-refractivity contribution >= 4 is 16.0 Å². The molecule has 0 fully saturated rings. The second kappa shape index (κ2) is 8.31. The molecular weight excluding hydrogens is 357 g/mol. The number of carbonyl (C=O) groups excluding carboxylic acids is 1. The van der Waals surface area contributed by atoms with Gasteiger partial charge in [-0.2, -0.15) is 8.42 Å². The third-order valence-corrected chi connectivity index (χ3v) is 4.49. The predicted molar refractivity (Wildman–Crippen MR) is 97.9 cm³/mol. The SMILES string of the molecule is CCC(C)N(Cc1ccc(OS(C)(=O)=O)cc1)C(=O)c1ccc(F)cc1. The van der Waals surface area contributed by atoms with E-state index in [2.05, 4.69) is 0 Å². The minimum Gasteiger partial charge on any atom is -0.383 e. The summed E-state index contributed by atoms with van der Waals surface area (Å²) in [7, 11) is -3.58. The van der Waals surface area contributed by atoms with Gasteiger partial charge in [-0.15, -0.1) is 0 Å². The molecule has 1 amide bonds. The third-order valence-electron chi connectivity index (χ3n) is 4.00. The molecule has 2 rings (SSSR count). The Kier molecular flexibility index (Phi) is 6.37. The van der Waals surface area contributed by atoms with Crippen molar-refractivity contribution in [2.45, 2.75) is 32.9 Å². The number of nitrogens with zero attached hydrogens (tertiary/aromatic N) is 1. The first kappa shape index (κ1) is 19.9. The van der Waals surface area contributed by atoms with Gasteiger partial charge in [-0.25, -0.2) is 4.39 Å². The highest BCUT2D eigenvalue weighted by atomic mass is 32.2. The molecule has 0 saturated carbocycles. The lowest BCUT2D eigenvalue weighted by molar-refractivity contribution is 0.0671. The Balaban J connectivity index is 2.20. The fourth-order valence-corrected chi connectivity index (χ4v) is 2.89. The lowest BCUT2D eigenvalue weighted by Crippen LogP contribution is -2.37. The Hall–Kier alpha value is -2.41. The maximum Gasteiger partial charge on any atom is 0.306 e. The van der Waals surface area contributed by atoms with Gasteiger partial charge in [0.1, 0.15) is 11.6 Å². The van der Waals surface area contributed by atoms with E-state index in [0.717, 1.165) is 18.2 Å². The van der Waals surface area contributed by atoms with Crippen LogP contribution >= 0.6 is 0 Å². The molecule has 0 spiro atoms. The molecule has 0 heterocycles. The maximum absolute atomic E-state index is 13.1. The van der Waals surface area contributed by atoms with Crippen molar-refractivity contribution in [2.24, 2.45) is 0 Å². The standard InChI is InChI=1S/C19H22FNO4S/c1-4-14(2)21(19(22)16-7-9-17(20)10-8-16)13-15-5-11-18(12-6-15)25-26(3,23)24/h5-12,14H,4,13H2,1-3H3. The van der Waals surface area contributed by atoms with Gasteiger partial charge >= 0.3 is 10.1 Å². The second-order valence-electron chi connectivity index (χ2n) is 6.13. The van der Waals surface area contributed by atoms with Gasteiger partial charge in [-0.3, -0.25) is 4.79 Å². The number of benzene rings is 2. The van der Waals surface area contributed by atoms with Crippen LogP contribution in [0.2, 0.25) is 0 Å². The van der Waals surface area contributed by atoms with Crippen LogP contribution in [0.4, 0.5) is 4.39 Å². The topological polar surface area (TPSA) is 63.7 Å². The average Bonchev–Trinajstić information content (AvgIpc) is 2.59. The van der Waals surface area contributed by atoms with Crippen molar-refractivity contribution in [3.8, 4) is 5.75 Å². The molecule has 0 N–H and O–H groups in total. The van der Waals surface area contributed by atoms with Crippen molar-refractivity contribution in [2.75, 3.05) is 6.26 Å². The van der Waals surface area contributed by atoms with Crippen molar-refractivity contribution in [3.05, 3.63) is 65.5 Å². The summed E-state index contributed by atoms with van der Waals surface area (Å²) in [6.45, 7) is 4.28. The van der Waals surface area contributed by atoms with Crippen LogP contribution in [0.3, 0.4) is 0 Å². The Labute approximate surface area is 153 Å². The zero-order chi connectivity index (χ0) is 19.3. The van der Waals surface area contributed by atoms with Crippen LogP contribution in [-0.2, 0) is 16.7 Å². The molecule has 0 saturated heterocycles.